The maximum absolute atomic E-state index is 13.1. The number of hydrogen-bond acceptors (Lipinski definition) is 2. The third-order valence-electron chi connectivity index (χ3n) is 2.20. The molecule has 0 radical (unpaired) electrons. The molecule has 0 atom stereocenters. The van der Waals surface area contributed by atoms with Crippen molar-refractivity contribution in [3.63, 3.8) is 0 Å². The van der Waals surface area contributed by atoms with Gasteiger partial charge in [-0.2, -0.15) is 0 Å². The summed E-state index contributed by atoms with van der Waals surface area (Å²) in [5.41, 5.74) is 7.53. The van der Waals surface area contributed by atoms with Crippen LogP contribution in [0, 0.1) is 5.82 Å². The summed E-state index contributed by atoms with van der Waals surface area (Å²) in [6.45, 7) is 0. The summed E-state index contributed by atoms with van der Waals surface area (Å²) >= 11 is 0. The van der Waals surface area contributed by atoms with Crippen molar-refractivity contribution >= 4 is 5.69 Å². The number of hydrogen-bond donors (Lipinski definition) is 1. The Morgan fingerprint density at radius 3 is 2.73 bits per heavy atom. The van der Waals surface area contributed by atoms with Crippen molar-refractivity contribution in [3.8, 4) is 0 Å². The molecule has 2 nitrogen and oxygen atoms in total. The molecule has 3 heteroatoms. The molecule has 0 aliphatic heterocycles. The Balaban J connectivity index is 2.22. The summed E-state index contributed by atoms with van der Waals surface area (Å²) in [6, 6.07) is 8.69. The first-order valence-electron chi connectivity index (χ1n) is 4.68. The highest BCUT2D eigenvalue weighted by atomic mass is 19.1. The number of benzene rings is 1. The van der Waals surface area contributed by atoms with Crippen LogP contribution in [0.3, 0.4) is 0 Å². The summed E-state index contributed by atoms with van der Waals surface area (Å²) in [4.78, 5) is 4.00. The van der Waals surface area contributed by atoms with Crippen molar-refractivity contribution in [1.29, 1.82) is 0 Å². The van der Waals surface area contributed by atoms with Gasteiger partial charge in [-0.15, -0.1) is 0 Å². The molecule has 76 valence electrons. The van der Waals surface area contributed by atoms with Gasteiger partial charge in [-0.05, 0) is 35.7 Å². The zero-order valence-electron chi connectivity index (χ0n) is 8.15. The Bertz CT molecular complexity index is 454. The van der Waals surface area contributed by atoms with E-state index in [1.54, 1.807) is 18.5 Å². The van der Waals surface area contributed by atoms with E-state index in [9.17, 15) is 4.39 Å². The van der Waals surface area contributed by atoms with Gasteiger partial charge in [0.15, 0.2) is 0 Å². The fourth-order valence-corrected chi connectivity index (χ4v) is 1.42. The van der Waals surface area contributed by atoms with E-state index in [1.807, 2.05) is 18.2 Å². The zero-order valence-corrected chi connectivity index (χ0v) is 8.15. The second-order valence-electron chi connectivity index (χ2n) is 3.39. The third kappa shape index (κ3) is 2.31. The van der Waals surface area contributed by atoms with Gasteiger partial charge < -0.3 is 5.73 Å². The van der Waals surface area contributed by atoms with Crippen molar-refractivity contribution in [2.45, 2.75) is 6.42 Å². The number of rotatable bonds is 2. The van der Waals surface area contributed by atoms with E-state index in [0.29, 0.717) is 6.42 Å². The Hall–Kier alpha value is -1.90. The summed E-state index contributed by atoms with van der Waals surface area (Å²) < 4.78 is 13.1. The van der Waals surface area contributed by atoms with Crippen LogP contribution in [0.4, 0.5) is 10.1 Å². The van der Waals surface area contributed by atoms with E-state index in [1.165, 1.54) is 6.07 Å². The molecule has 2 N–H and O–H groups in total. The average Bonchev–Trinajstić information content (AvgIpc) is 2.25. The van der Waals surface area contributed by atoms with E-state index in [0.717, 1.165) is 11.1 Å². The molecular weight excluding hydrogens is 191 g/mol. The summed E-state index contributed by atoms with van der Waals surface area (Å²) in [7, 11) is 0. The highest BCUT2D eigenvalue weighted by Crippen LogP contribution is 2.14. The van der Waals surface area contributed by atoms with Crippen LogP contribution in [-0.2, 0) is 6.42 Å². The van der Waals surface area contributed by atoms with Crippen molar-refractivity contribution in [3.05, 3.63) is 59.7 Å². The van der Waals surface area contributed by atoms with Gasteiger partial charge in [0.2, 0.25) is 0 Å². The molecular formula is C12H11FN2. The maximum Gasteiger partial charge on any atom is 0.146 e. The highest BCUT2D eigenvalue weighted by molar-refractivity contribution is 5.42. The van der Waals surface area contributed by atoms with Crippen LogP contribution < -0.4 is 5.73 Å². The van der Waals surface area contributed by atoms with E-state index < -0.39 is 0 Å². The molecule has 0 saturated heterocycles. The molecule has 2 rings (SSSR count). The van der Waals surface area contributed by atoms with Gasteiger partial charge in [-0.25, -0.2) is 4.39 Å². The Morgan fingerprint density at radius 1 is 1.20 bits per heavy atom. The molecule has 0 saturated carbocycles. The van der Waals surface area contributed by atoms with E-state index >= 15 is 0 Å². The zero-order chi connectivity index (χ0) is 10.7. The Labute approximate surface area is 87.6 Å². The predicted molar refractivity (Wildman–Crippen MR) is 57.9 cm³/mol. The van der Waals surface area contributed by atoms with Crippen LogP contribution in [0.2, 0.25) is 0 Å². The maximum atomic E-state index is 13.1. The van der Waals surface area contributed by atoms with Gasteiger partial charge in [0.25, 0.3) is 0 Å². The number of nitrogens with two attached hydrogens (primary N) is 1. The molecule has 0 spiro atoms. The van der Waals surface area contributed by atoms with Gasteiger partial charge >= 0.3 is 0 Å². The van der Waals surface area contributed by atoms with Crippen LogP contribution in [0.1, 0.15) is 11.1 Å². The normalized spacial score (nSPS) is 10.2. The molecule has 1 aromatic heterocycles. The molecule has 1 aromatic carbocycles. The average molecular weight is 202 g/mol. The lowest BCUT2D eigenvalue weighted by atomic mass is 10.1. The Kier molecular flexibility index (Phi) is 2.63. The smallest absolute Gasteiger partial charge is 0.146 e. The number of nitrogens with zero attached hydrogens (tertiary/aromatic N) is 1. The van der Waals surface area contributed by atoms with Gasteiger partial charge in [0.05, 0.1) is 5.69 Å². The van der Waals surface area contributed by atoms with Gasteiger partial charge in [0.1, 0.15) is 5.82 Å². The SMILES string of the molecule is Nc1ccc(Cc2cccnc2)cc1F. The topological polar surface area (TPSA) is 38.9 Å². The fraction of sp³-hybridized carbons (Fsp3) is 0.0833. The third-order valence-corrected chi connectivity index (χ3v) is 2.20. The molecule has 0 unspecified atom stereocenters. The number of anilines is 1. The van der Waals surface area contributed by atoms with E-state index in [-0.39, 0.29) is 11.5 Å². The lowest BCUT2D eigenvalue weighted by Crippen LogP contribution is -1.94. The number of nitrogen functional groups attached to an aromatic ring is 1. The minimum atomic E-state index is -0.364. The first-order valence-corrected chi connectivity index (χ1v) is 4.68. The van der Waals surface area contributed by atoms with E-state index in [4.69, 9.17) is 5.73 Å². The molecule has 0 bridgehead atoms. The summed E-state index contributed by atoms with van der Waals surface area (Å²) in [6.07, 6.45) is 4.16. The minimum absolute atomic E-state index is 0.185. The van der Waals surface area contributed by atoms with Crippen LogP contribution in [0.15, 0.2) is 42.7 Å². The van der Waals surface area contributed by atoms with Crippen LogP contribution in [0.25, 0.3) is 0 Å². The van der Waals surface area contributed by atoms with Gasteiger partial charge in [0, 0.05) is 12.4 Å². The number of pyridine rings is 1. The first-order chi connectivity index (χ1) is 7.25. The van der Waals surface area contributed by atoms with Crippen molar-refractivity contribution in [2.24, 2.45) is 0 Å². The van der Waals surface area contributed by atoms with Gasteiger partial charge in [-0.3, -0.25) is 4.98 Å². The van der Waals surface area contributed by atoms with Gasteiger partial charge in [-0.1, -0.05) is 12.1 Å². The van der Waals surface area contributed by atoms with Crippen LogP contribution >= 0.6 is 0 Å². The second kappa shape index (κ2) is 4.09. The predicted octanol–water partition coefficient (Wildman–Crippen LogP) is 2.39. The largest absolute Gasteiger partial charge is 0.396 e. The molecule has 2 aromatic rings. The Morgan fingerprint density at radius 2 is 2.07 bits per heavy atom. The standard InChI is InChI=1S/C12H11FN2/c13-11-7-9(3-4-12(11)14)6-10-2-1-5-15-8-10/h1-5,7-8H,6,14H2. The molecule has 0 amide bonds. The fourth-order valence-electron chi connectivity index (χ4n) is 1.42. The molecule has 0 aliphatic carbocycles. The lowest BCUT2D eigenvalue weighted by Gasteiger charge is -2.02. The molecule has 0 fully saturated rings. The second-order valence-corrected chi connectivity index (χ2v) is 3.39. The highest BCUT2D eigenvalue weighted by Gasteiger charge is 2.01. The van der Waals surface area contributed by atoms with Crippen LogP contribution in [0.5, 0.6) is 0 Å². The monoisotopic (exact) mass is 202 g/mol. The number of aromatic nitrogens is 1. The van der Waals surface area contributed by atoms with E-state index in [2.05, 4.69) is 4.98 Å². The quantitative estimate of drug-likeness (QED) is 0.759. The summed E-state index contributed by atoms with van der Waals surface area (Å²) in [5.74, 6) is -0.364. The molecule has 0 aliphatic rings. The van der Waals surface area contributed by atoms with Crippen molar-refractivity contribution in [2.75, 3.05) is 5.73 Å². The lowest BCUT2D eigenvalue weighted by molar-refractivity contribution is 0.630. The first kappa shape index (κ1) is 9.65. The van der Waals surface area contributed by atoms with Crippen LogP contribution in [-0.4, -0.2) is 4.98 Å². The van der Waals surface area contributed by atoms with Crippen molar-refractivity contribution in [1.82, 2.24) is 4.98 Å². The van der Waals surface area contributed by atoms with Crippen molar-refractivity contribution < 1.29 is 4.39 Å². The summed E-state index contributed by atoms with van der Waals surface area (Å²) in [5, 5.41) is 0. The molecule has 15 heavy (non-hydrogen) atoms. The number of halogens is 1. The minimum Gasteiger partial charge on any atom is -0.396 e. The molecule has 1 heterocycles.